The maximum absolute atomic E-state index is 11.9. The Morgan fingerprint density at radius 3 is 2.64 bits per heavy atom. The van der Waals surface area contributed by atoms with E-state index in [0.29, 0.717) is 17.5 Å². The van der Waals surface area contributed by atoms with Crippen LogP contribution < -0.4 is 11.1 Å². The van der Waals surface area contributed by atoms with Gasteiger partial charge in [-0.3, -0.25) is 9.59 Å². The Labute approximate surface area is 129 Å². The molecule has 4 N–H and O–H groups in total. The van der Waals surface area contributed by atoms with Gasteiger partial charge in [-0.05, 0) is 30.0 Å². The van der Waals surface area contributed by atoms with Crippen LogP contribution in [-0.4, -0.2) is 29.1 Å². The molecule has 0 unspecified atom stereocenters. The fourth-order valence-corrected chi connectivity index (χ4v) is 2.05. The number of carbonyl (C=O) groups excluding carboxylic acids is 2. The number of benzene rings is 1. The number of carbonyl (C=O) groups is 2. The van der Waals surface area contributed by atoms with Gasteiger partial charge in [0, 0.05) is 6.42 Å². The first-order valence-electron chi connectivity index (χ1n) is 7.10. The van der Waals surface area contributed by atoms with Gasteiger partial charge >= 0.3 is 0 Å². The van der Waals surface area contributed by atoms with Gasteiger partial charge in [0.1, 0.15) is 12.1 Å². The van der Waals surface area contributed by atoms with E-state index < -0.39 is 24.0 Å². The number of hydrogen-bond donors (Lipinski definition) is 3. The van der Waals surface area contributed by atoms with Gasteiger partial charge in [0.25, 0.3) is 0 Å². The second-order valence-corrected chi connectivity index (χ2v) is 5.63. The molecule has 0 aliphatic heterocycles. The molecular weight excluding hydrogens is 282 g/mol. The third kappa shape index (κ3) is 5.54. The molecular formula is C16H21N3O3. The fourth-order valence-electron chi connectivity index (χ4n) is 2.05. The first-order chi connectivity index (χ1) is 10.3. The molecule has 1 rings (SSSR count). The summed E-state index contributed by atoms with van der Waals surface area (Å²) in [4.78, 5) is 23.4. The molecule has 2 amide bonds. The van der Waals surface area contributed by atoms with Crippen molar-refractivity contribution >= 4 is 11.8 Å². The summed E-state index contributed by atoms with van der Waals surface area (Å²) < 4.78 is 0. The summed E-state index contributed by atoms with van der Waals surface area (Å²) in [5.41, 5.74) is 6.48. The van der Waals surface area contributed by atoms with Gasteiger partial charge < -0.3 is 16.2 Å². The molecule has 22 heavy (non-hydrogen) atoms. The van der Waals surface area contributed by atoms with Crippen molar-refractivity contribution in [3.05, 3.63) is 35.4 Å². The van der Waals surface area contributed by atoms with Gasteiger partial charge in [-0.25, -0.2) is 0 Å². The van der Waals surface area contributed by atoms with Crippen LogP contribution in [0.15, 0.2) is 24.3 Å². The van der Waals surface area contributed by atoms with E-state index in [-0.39, 0.29) is 12.3 Å². The zero-order valence-corrected chi connectivity index (χ0v) is 12.7. The van der Waals surface area contributed by atoms with Gasteiger partial charge in [0.05, 0.1) is 11.6 Å². The number of nitrogens with two attached hydrogens (primary N) is 1. The molecule has 0 aromatic heterocycles. The van der Waals surface area contributed by atoms with Crippen LogP contribution in [0.3, 0.4) is 0 Å². The molecule has 0 radical (unpaired) electrons. The number of amides is 2. The lowest BCUT2D eigenvalue weighted by Crippen LogP contribution is -2.49. The number of primary amides is 1. The molecule has 2 atom stereocenters. The Hall–Kier alpha value is -2.39. The van der Waals surface area contributed by atoms with Crippen LogP contribution in [0.2, 0.25) is 0 Å². The molecule has 1 aromatic carbocycles. The minimum absolute atomic E-state index is 0.153. The van der Waals surface area contributed by atoms with Crippen LogP contribution in [0.5, 0.6) is 0 Å². The first-order valence-corrected chi connectivity index (χ1v) is 7.10. The molecule has 6 heteroatoms. The van der Waals surface area contributed by atoms with E-state index in [1.165, 1.54) is 0 Å². The van der Waals surface area contributed by atoms with Crippen LogP contribution in [-0.2, 0) is 16.0 Å². The summed E-state index contributed by atoms with van der Waals surface area (Å²) in [5, 5.41) is 21.1. The number of nitrogens with zero attached hydrogens (tertiary/aromatic N) is 1. The second kappa shape index (κ2) is 8.15. The number of aliphatic hydroxyl groups is 1. The third-order valence-electron chi connectivity index (χ3n) is 3.15. The number of rotatable bonds is 7. The van der Waals surface area contributed by atoms with E-state index in [4.69, 9.17) is 11.0 Å². The van der Waals surface area contributed by atoms with Gasteiger partial charge in [-0.15, -0.1) is 0 Å². The van der Waals surface area contributed by atoms with Crippen LogP contribution in [0, 0.1) is 17.2 Å². The minimum Gasteiger partial charge on any atom is -0.383 e. The second-order valence-electron chi connectivity index (χ2n) is 5.63. The molecule has 0 saturated carbocycles. The largest absolute Gasteiger partial charge is 0.383 e. The average Bonchev–Trinajstić information content (AvgIpc) is 2.45. The lowest BCUT2D eigenvalue weighted by molar-refractivity contribution is -0.133. The highest BCUT2D eigenvalue weighted by Crippen LogP contribution is 2.09. The van der Waals surface area contributed by atoms with E-state index in [2.05, 4.69) is 5.32 Å². The number of nitriles is 1. The Balaban J connectivity index is 2.76. The van der Waals surface area contributed by atoms with E-state index in [1.807, 2.05) is 19.9 Å². The summed E-state index contributed by atoms with van der Waals surface area (Å²) in [5.74, 6) is -1.15. The predicted molar refractivity (Wildman–Crippen MR) is 81.4 cm³/mol. The van der Waals surface area contributed by atoms with Gasteiger partial charge in [0.15, 0.2) is 0 Å². The summed E-state index contributed by atoms with van der Waals surface area (Å²) in [6.07, 6.45) is -0.695. The lowest BCUT2D eigenvalue weighted by atomic mass is 10.0. The van der Waals surface area contributed by atoms with Crippen molar-refractivity contribution in [1.82, 2.24) is 5.32 Å². The Kier molecular flexibility index (Phi) is 6.54. The lowest BCUT2D eigenvalue weighted by Gasteiger charge is -2.19. The van der Waals surface area contributed by atoms with Crippen LogP contribution in [0.1, 0.15) is 31.4 Å². The molecule has 0 aliphatic rings. The van der Waals surface area contributed by atoms with Crippen molar-refractivity contribution in [2.24, 2.45) is 11.7 Å². The zero-order valence-electron chi connectivity index (χ0n) is 12.7. The van der Waals surface area contributed by atoms with E-state index in [1.54, 1.807) is 24.3 Å². The van der Waals surface area contributed by atoms with Crippen molar-refractivity contribution in [2.75, 3.05) is 0 Å². The smallest absolute Gasteiger partial charge is 0.249 e. The normalized spacial score (nSPS) is 13.2. The minimum atomic E-state index is -1.17. The maximum atomic E-state index is 11.9. The van der Waals surface area contributed by atoms with Crippen LogP contribution in [0.25, 0.3) is 0 Å². The predicted octanol–water partition coefficient (Wildman–Crippen LogP) is 0.478. The van der Waals surface area contributed by atoms with Crippen LogP contribution >= 0.6 is 0 Å². The van der Waals surface area contributed by atoms with E-state index in [9.17, 15) is 14.7 Å². The molecule has 0 heterocycles. The molecule has 0 saturated heterocycles. The van der Waals surface area contributed by atoms with Crippen molar-refractivity contribution in [3.8, 4) is 6.07 Å². The SMILES string of the molecule is CC(C)C[C@H](O)C(=O)N[C@H](Cc1cccc(C#N)c1)C(N)=O. The summed E-state index contributed by atoms with van der Waals surface area (Å²) in [6.45, 7) is 3.77. The zero-order chi connectivity index (χ0) is 16.7. The molecule has 0 aliphatic carbocycles. The van der Waals surface area contributed by atoms with Crippen molar-refractivity contribution < 1.29 is 14.7 Å². The summed E-state index contributed by atoms with van der Waals surface area (Å²) >= 11 is 0. The molecule has 0 spiro atoms. The van der Waals surface area contributed by atoms with Crippen molar-refractivity contribution in [2.45, 2.75) is 38.8 Å². The highest BCUT2D eigenvalue weighted by atomic mass is 16.3. The fraction of sp³-hybridized carbons (Fsp3) is 0.438. The van der Waals surface area contributed by atoms with Crippen LogP contribution in [0.4, 0.5) is 0 Å². The standard InChI is InChI=1S/C16H21N3O3/c1-10(2)6-14(20)16(22)19-13(15(18)21)8-11-4-3-5-12(7-11)9-17/h3-5,7,10,13-14,20H,6,8H2,1-2H3,(H2,18,21)(H,19,22)/t13-,14+/m1/s1. The Bertz CT molecular complexity index is 578. The highest BCUT2D eigenvalue weighted by molar-refractivity contribution is 5.88. The highest BCUT2D eigenvalue weighted by Gasteiger charge is 2.23. The van der Waals surface area contributed by atoms with E-state index in [0.717, 1.165) is 0 Å². The monoisotopic (exact) mass is 303 g/mol. The third-order valence-corrected chi connectivity index (χ3v) is 3.15. The number of hydrogen-bond acceptors (Lipinski definition) is 4. The Morgan fingerprint density at radius 1 is 1.41 bits per heavy atom. The topological polar surface area (TPSA) is 116 Å². The molecule has 6 nitrogen and oxygen atoms in total. The van der Waals surface area contributed by atoms with Gasteiger partial charge in [-0.2, -0.15) is 5.26 Å². The molecule has 0 fully saturated rings. The quantitative estimate of drug-likeness (QED) is 0.679. The molecule has 0 bridgehead atoms. The average molecular weight is 303 g/mol. The number of nitrogens with one attached hydrogen (secondary N) is 1. The van der Waals surface area contributed by atoms with Crippen molar-refractivity contribution in [1.29, 1.82) is 5.26 Å². The van der Waals surface area contributed by atoms with E-state index >= 15 is 0 Å². The molecule has 1 aromatic rings. The number of aliphatic hydroxyl groups excluding tert-OH is 1. The summed E-state index contributed by atoms with van der Waals surface area (Å²) in [6, 6.07) is 7.80. The van der Waals surface area contributed by atoms with Crippen molar-refractivity contribution in [3.63, 3.8) is 0 Å². The van der Waals surface area contributed by atoms with Gasteiger partial charge in [-0.1, -0.05) is 26.0 Å². The first kappa shape index (κ1) is 17.7. The maximum Gasteiger partial charge on any atom is 0.249 e. The van der Waals surface area contributed by atoms with Gasteiger partial charge in [0.2, 0.25) is 11.8 Å². The Morgan fingerprint density at radius 2 is 2.09 bits per heavy atom. The molecule has 118 valence electrons. The summed E-state index contributed by atoms with van der Waals surface area (Å²) in [7, 11) is 0.